The van der Waals surface area contributed by atoms with Crippen LogP contribution in [-0.4, -0.2) is 54.8 Å². The molecule has 0 aromatic carbocycles. The Balaban J connectivity index is 2.85. The lowest BCUT2D eigenvalue weighted by Gasteiger charge is -2.38. The predicted octanol–water partition coefficient (Wildman–Crippen LogP) is 4.16. The maximum absolute atomic E-state index is 12.5. The van der Waals surface area contributed by atoms with Crippen LogP contribution in [0.5, 0.6) is 0 Å². The van der Waals surface area contributed by atoms with Gasteiger partial charge in [-0.25, -0.2) is 4.79 Å². The van der Waals surface area contributed by atoms with E-state index in [0.29, 0.717) is 13.0 Å². The number of carbonyl (C=O) groups is 1. The third-order valence-electron chi connectivity index (χ3n) is 4.88. The van der Waals surface area contributed by atoms with E-state index in [1.807, 2.05) is 20.8 Å². The first-order valence-corrected chi connectivity index (χ1v) is 11.9. The standard InChI is InChI=1S/C18H37NO4Si/c1-13(20)10-14-11-15(23-24(8,9)18(5,6)7)12-19(14)16(21)22-17(2,3)4/h13-15,20H,10-12H2,1-9H3. The van der Waals surface area contributed by atoms with Crippen molar-refractivity contribution >= 4 is 14.4 Å². The Morgan fingerprint density at radius 3 is 2.21 bits per heavy atom. The van der Waals surface area contributed by atoms with Crippen LogP contribution in [0.1, 0.15) is 61.3 Å². The summed E-state index contributed by atoms with van der Waals surface area (Å²) in [6.45, 7) is 19.0. The summed E-state index contributed by atoms with van der Waals surface area (Å²) < 4.78 is 12.0. The van der Waals surface area contributed by atoms with Crippen LogP contribution in [-0.2, 0) is 9.16 Å². The van der Waals surface area contributed by atoms with Gasteiger partial charge in [0.1, 0.15) is 5.60 Å². The number of carbonyl (C=O) groups excluding carboxylic acids is 1. The largest absolute Gasteiger partial charge is 0.444 e. The van der Waals surface area contributed by atoms with Gasteiger partial charge in [0.25, 0.3) is 0 Å². The van der Waals surface area contributed by atoms with Crippen LogP contribution < -0.4 is 0 Å². The van der Waals surface area contributed by atoms with Gasteiger partial charge in [0, 0.05) is 12.6 Å². The van der Waals surface area contributed by atoms with E-state index in [-0.39, 0.29) is 23.3 Å². The Labute approximate surface area is 148 Å². The number of aliphatic hydroxyl groups is 1. The fourth-order valence-electron chi connectivity index (χ4n) is 2.71. The van der Waals surface area contributed by atoms with Crippen molar-refractivity contribution in [3.63, 3.8) is 0 Å². The molecule has 1 heterocycles. The summed E-state index contributed by atoms with van der Waals surface area (Å²) in [7, 11) is -1.89. The van der Waals surface area contributed by atoms with Crippen molar-refractivity contribution in [2.24, 2.45) is 0 Å². The second-order valence-electron chi connectivity index (χ2n) is 9.61. The minimum absolute atomic E-state index is 0.0159. The quantitative estimate of drug-likeness (QED) is 0.766. The monoisotopic (exact) mass is 359 g/mol. The Bertz CT molecular complexity index is 437. The number of rotatable bonds is 4. The van der Waals surface area contributed by atoms with E-state index < -0.39 is 20.0 Å². The third-order valence-corrected chi connectivity index (χ3v) is 9.42. The highest BCUT2D eigenvalue weighted by molar-refractivity contribution is 6.74. The topological polar surface area (TPSA) is 59.0 Å². The molecule has 3 atom stereocenters. The molecule has 1 rings (SSSR count). The lowest BCUT2D eigenvalue weighted by molar-refractivity contribution is 0.0174. The summed E-state index contributed by atoms with van der Waals surface area (Å²) in [5.41, 5.74) is -0.523. The molecule has 0 aromatic heterocycles. The summed E-state index contributed by atoms with van der Waals surface area (Å²) in [6.07, 6.45) is 0.566. The molecule has 0 radical (unpaired) electrons. The van der Waals surface area contributed by atoms with E-state index in [4.69, 9.17) is 9.16 Å². The lowest BCUT2D eigenvalue weighted by atomic mass is 10.1. The summed E-state index contributed by atoms with van der Waals surface area (Å²) in [6, 6.07) is -0.0328. The van der Waals surface area contributed by atoms with E-state index in [1.54, 1.807) is 11.8 Å². The van der Waals surface area contributed by atoms with Crippen molar-refractivity contribution in [1.29, 1.82) is 0 Å². The van der Waals surface area contributed by atoms with E-state index in [2.05, 4.69) is 33.9 Å². The van der Waals surface area contributed by atoms with Crippen LogP contribution in [0, 0.1) is 0 Å². The molecule has 1 aliphatic rings. The Morgan fingerprint density at radius 1 is 1.25 bits per heavy atom. The van der Waals surface area contributed by atoms with Gasteiger partial charge in [0.05, 0.1) is 12.2 Å². The highest BCUT2D eigenvalue weighted by Crippen LogP contribution is 2.39. The molecule has 5 nitrogen and oxygen atoms in total. The van der Waals surface area contributed by atoms with Crippen molar-refractivity contribution in [3.05, 3.63) is 0 Å². The average molecular weight is 360 g/mol. The molecule has 1 amide bonds. The van der Waals surface area contributed by atoms with Gasteiger partial charge < -0.3 is 19.2 Å². The summed E-state index contributed by atoms with van der Waals surface area (Å²) in [5.74, 6) is 0. The summed E-state index contributed by atoms with van der Waals surface area (Å²) >= 11 is 0. The maximum atomic E-state index is 12.5. The first-order valence-electron chi connectivity index (χ1n) is 8.98. The van der Waals surface area contributed by atoms with E-state index in [9.17, 15) is 9.90 Å². The SMILES string of the molecule is CC(O)CC1CC(O[Si](C)(C)C(C)(C)C)CN1C(=O)OC(C)(C)C. The van der Waals surface area contributed by atoms with Gasteiger partial charge in [-0.2, -0.15) is 0 Å². The number of likely N-dealkylation sites (tertiary alicyclic amines) is 1. The number of ether oxygens (including phenoxy) is 1. The molecule has 0 saturated carbocycles. The van der Waals surface area contributed by atoms with Gasteiger partial charge in [0.15, 0.2) is 8.32 Å². The molecular weight excluding hydrogens is 322 g/mol. The molecule has 0 aromatic rings. The fourth-order valence-corrected chi connectivity index (χ4v) is 4.07. The molecule has 0 bridgehead atoms. The molecule has 24 heavy (non-hydrogen) atoms. The molecule has 1 saturated heterocycles. The zero-order chi connectivity index (χ0) is 18.9. The Hall–Kier alpha value is -0.593. The van der Waals surface area contributed by atoms with Gasteiger partial charge in [0.2, 0.25) is 0 Å². The molecule has 142 valence electrons. The van der Waals surface area contributed by atoms with Gasteiger partial charge in [-0.15, -0.1) is 0 Å². The van der Waals surface area contributed by atoms with Gasteiger partial charge in [-0.05, 0) is 58.7 Å². The first kappa shape index (κ1) is 21.4. The van der Waals surface area contributed by atoms with Gasteiger partial charge in [-0.1, -0.05) is 20.8 Å². The second-order valence-corrected chi connectivity index (χ2v) is 14.4. The number of hydrogen-bond acceptors (Lipinski definition) is 4. The minimum atomic E-state index is -1.89. The molecule has 1 N–H and O–H groups in total. The Kier molecular flexibility index (Phi) is 6.56. The molecule has 3 unspecified atom stereocenters. The predicted molar refractivity (Wildman–Crippen MR) is 99.7 cm³/mol. The molecular formula is C18H37NO4Si. The normalized spacial score (nSPS) is 24.2. The molecule has 0 aliphatic carbocycles. The van der Waals surface area contributed by atoms with E-state index >= 15 is 0 Å². The smallest absolute Gasteiger partial charge is 0.410 e. The third kappa shape index (κ3) is 6.04. The molecule has 1 fully saturated rings. The highest BCUT2D eigenvalue weighted by Gasteiger charge is 2.44. The fraction of sp³-hybridized carbons (Fsp3) is 0.944. The van der Waals surface area contributed by atoms with Crippen molar-refractivity contribution in [1.82, 2.24) is 4.90 Å². The van der Waals surface area contributed by atoms with E-state index in [0.717, 1.165) is 6.42 Å². The van der Waals surface area contributed by atoms with Gasteiger partial charge in [-0.3, -0.25) is 0 Å². The summed E-state index contributed by atoms with van der Waals surface area (Å²) in [5, 5.41) is 9.91. The van der Waals surface area contributed by atoms with Crippen molar-refractivity contribution in [3.8, 4) is 0 Å². The first-order chi connectivity index (χ1) is 10.6. The minimum Gasteiger partial charge on any atom is -0.444 e. The van der Waals surface area contributed by atoms with Gasteiger partial charge >= 0.3 is 6.09 Å². The van der Waals surface area contributed by atoms with Crippen LogP contribution in [0.4, 0.5) is 4.79 Å². The maximum Gasteiger partial charge on any atom is 0.410 e. The second kappa shape index (κ2) is 7.34. The van der Waals surface area contributed by atoms with Crippen LogP contribution in [0.2, 0.25) is 18.1 Å². The van der Waals surface area contributed by atoms with Crippen LogP contribution >= 0.6 is 0 Å². The Morgan fingerprint density at radius 2 is 1.79 bits per heavy atom. The summed E-state index contributed by atoms with van der Waals surface area (Å²) in [4.78, 5) is 14.3. The molecule has 1 aliphatic heterocycles. The van der Waals surface area contributed by atoms with E-state index in [1.165, 1.54) is 0 Å². The lowest BCUT2D eigenvalue weighted by Crippen LogP contribution is -2.45. The van der Waals surface area contributed by atoms with Crippen molar-refractivity contribution in [2.45, 2.75) is 103 Å². The number of nitrogens with zero attached hydrogens (tertiary/aromatic N) is 1. The van der Waals surface area contributed by atoms with Crippen molar-refractivity contribution < 1.29 is 19.1 Å². The average Bonchev–Trinajstić information content (AvgIpc) is 2.66. The van der Waals surface area contributed by atoms with Crippen molar-refractivity contribution in [2.75, 3.05) is 6.54 Å². The molecule has 0 spiro atoms. The zero-order valence-corrected chi connectivity index (χ0v) is 18.0. The zero-order valence-electron chi connectivity index (χ0n) is 17.0. The van der Waals surface area contributed by atoms with Crippen LogP contribution in [0.3, 0.4) is 0 Å². The number of hydrogen-bond donors (Lipinski definition) is 1. The number of amides is 1. The number of aliphatic hydroxyl groups excluding tert-OH is 1. The highest BCUT2D eigenvalue weighted by atomic mass is 28.4. The van der Waals surface area contributed by atoms with Crippen LogP contribution in [0.25, 0.3) is 0 Å². The van der Waals surface area contributed by atoms with Crippen LogP contribution in [0.15, 0.2) is 0 Å². The molecule has 6 heteroatoms.